The third kappa shape index (κ3) is 6.24. The first-order chi connectivity index (χ1) is 11.2. The molecule has 0 saturated heterocycles. The summed E-state index contributed by atoms with van der Waals surface area (Å²) in [6, 6.07) is 6.67. The van der Waals surface area contributed by atoms with E-state index in [9.17, 15) is 13.2 Å². The molecular formula is C18H30N2O3S. The van der Waals surface area contributed by atoms with E-state index in [4.69, 9.17) is 0 Å². The maximum atomic E-state index is 12.9. The van der Waals surface area contributed by atoms with E-state index >= 15 is 0 Å². The number of sulfonamides is 1. The Morgan fingerprint density at radius 2 is 1.75 bits per heavy atom. The van der Waals surface area contributed by atoms with E-state index in [1.165, 1.54) is 0 Å². The SMILES string of the molecule is CC[C@H](C)CN(NC(=O)CCC(C)C)S(=O)(=O)c1ccc(C)cc1. The number of hydrogen-bond acceptors (Lipinski definition) is 3. The molecule has 136 valence electrons. The number of aryl methyl sites for hydroxylation is 1. The van der Waals surface area contributed by atoms with Gasteiger partial charge in [0, 0.05) is 13.0 Å². The molecule has 1 atom stereocenters. The van der Waals surface area contributed by atoms with Crippen LogP contribution in [0.1, 0.15) is 52.5 Å². The number of amides is 1. The van der Waals surface area contributed by atoms with E-state index in [1.54, 1.807) is 24.3 Å². The average Bonchev–Trinajstić information content (AvgIpc) is 2.52. The Labute approximate surface area is 146 Å². The van der Waals surface area contributed by atoms with Crippen LogP contribution in [0.25, 0.3) is 0 Å². The molecule has 0 aliphatic rings. The summed E-state index contributed by atoms with van der Waals surface area (Å²) in [6.45, 7) is 10.2. The summed E-state index contributed by atoms with van der Waals surface area (Å²) in [5.41, 5.74) is 3.59. The molecule has 1 amide bonds. The van der Waals surface area contributed by atoms with Crippen LogP contribution in [-0.2, 0) is 14.8 Å². The summed E-state index contributed by atoms with van der Waals surface area (Å²) in [7, 11) is -3.76. The molecule has 0 aliphatic heterocycles. The third-order valence-corrected chi connectivity index (χ3v) is 5.67. The van der Waals surface area contributed by atoms with Crippen molar-refractivity contribution < 1.29 is 13.2 Å². The predicted molar refractivity (Wildman–Crippen MR) is 96.7 cm³/mol. The van der Waals surface area contributed by atoms with Crippen LogP contribution >= 0.6 is 0 Å². The number of hydrazine groups is 1. The Balaban J connectivity index is 2.99. The summed E-state index contributed by atoms with van der Waals surface area (Å²) >= 11 is 0. The van der Waals surface area contributed by atoms with Crippen molar-refractivity contribution in [2.24, 2.45) is 11.8 Å². The van der Waals surface area contributed by atoms with Crippen molar-refractivity contribution in [2.45, 2.75) is 58.8 Å². The predicted octanol–water partition coefficient (Wildman–Crippen LogP) is 3.50. The summed E-state index contributed by atoms with van der Waals surface area (Å²) in [6.07, 6.45) is 1.88. The van der Waals surface area contributed by atoms with Crippen LogP contribution in [-0.4, -0.2) is 25.3 Å². The van der Waals surface area contributed by atoms with E-state index in [0.717, 1.165) is 22.8 Å². The third-order valence-electron chi connectivity index (χ3n) is 3.98. The number of rotatable bonds is 9. The largest absolute Gasteiger partial charge is 0.275 e. The minimum Gasteiger partial charge on any atom is -0.275 e. The summed E-state index contributed by atoms with van der Waals surface area (Å²) in [4.78, 5) is 12.3. The molecule has 6 heteroatoms. The van der Waals surface area contributed by atoms with Gasteiger partial charge < -0.3 is 0 Å². The molecule has 1 aromatic rings. The Hall–Kier alpha value is -1.40. The number of carbonyl (C=O) groups excluding carboxylic acids is 1. The lowest BCUT2D eigenvalue weighted by Crippen LogP contribution is -2.48. The van der Waals surface area contributed by atoms with Gasteiger partial charge in [-0.3, -0.25) is 10.2 Å². The van der Waals surface area contributed by atoms with Crippen LogP contribution < -0.4 is 5.43 Å². The minimum absolute atomic E-state index is 0.149. The quantitative estimate of drug-likeness (QED) is 0.690. The standard InChI is InChI=1S/C18H30N2O3S/c1-6-15(4)13-20(19-18(21)12-7-14(2)3)24(22,23)17-10-8-16(5)9-11-17/h8-11,14-15H,6-7,12-13H2,1-5H3,(H,19,21)/t15-/m0/s1. The van der Waals surface area contributed by atoms with E-state index in [1.807, 2.05) is 34.6 Å². The van der Waals surface area contributed by atoms with Crippen molar-refractivity contribution in [3.63, 3.8) is 0 Å². The van der Waals surface area contributed by atoms with Gasteiger partial charge in [-0.15, -0.1) is 4.41 Å². The van der Waals surface area contributed by atoms with Crippen LogP contribution in [0.2, 0.25) is 0 Å². The number of carbonyl (C=O) groups is 1. The molecular weight excluding hydrogens is 324 g/mol. The highest BCUT2D eigenvalue weighted by Gasteiger charge is 2.27. The van der Waals surface area contributed by atoms with Gasteiger partial charge in [0.05, 0.1) is 4.90 Å². The van der Waals surface area contributed by atoms with Gasteiger partial charge in [0.1, 0.15) is 0 Å². The first kappa shape index (κ1) is 20.6. The van der Waals surface area contributed by atoms with Gasteiger partial charge >= 0.3 is 0 Å². The maximum absolute atomic E-state index is 12.9. The maximum Gasteiger partial charge on any atom is 0.259 e. The zero-order valence-electron chi connectivity index (χ0n) is 15.4. The second-order valence-electron chi connectivity index (χ2n) is 6.83. The van der Waals surface area contributed by atoms with E-state index in [0.29, 0.717) is 12.3 Å². The molecule has 0 saturated carbocycles. The van der Waals surface area contributed by atoms with Gasteiger partial charge in [0.15, 0.2) is 0 Å². The molecule has 1 N–H and O–H groups in total. The van der Waals surface area contributed by atoms with E-state index < -0.39 is 10.0 Å². The van der Waals surface area contributed by atoms with Gasteiger partial charge in [-0.1, -0.05) is 51.8 Å². The smallest absolute Gasteiger partial charge is 0.259 e. The van der Waals surface area contributed by atoms with Crippen LogP contribution in [0, 0.1) is 18.8 Å². The zero-order valence-corrected chi connectivity index (χ0v) is 16.2. The van der Waals surface area contributed by atoms with Crippen LogP contribution in [0.5, 0.6) is 0 Å². The van der Waals surface area contributed by atoms with Gasteiger partial charge in [-0.05, 0) is 37.3 Å². The van der Waals surface area contributed by atoms with E-state index in [-0.39, 0.29) is 23.3 Å². The molecule has 0 spiro atoms. The molecule has 24 heavy (non-hydrogen) atoms. The van der Waals surface area contributed by atoms with Crippen molar-refractivity contribution in [1.29, 1.82) is 0 Å². The topological polar surface area (TPSA) is 66.5 Å². The first-order valence-corrected chi connectivity index (χ1v) is 9.99. The fraction of sp³-hybridized carbons (Fsp3) is 0.611. The molecule has 0 unspecified atom stereocenters. The second-order valence-corrected chi connectivity index (χ2v) is 8.69. The Morgan fingerprint density at radius 1 is 1.17 bits per heavy atom. The fourth-order valence-electron chi connectivity index (χ4n) is 2.07. The molecule has 1 rings (SSSR count). The van der Waals surface area contributed by atoms with Gasteiger partial charge in [-0.2, -0.15) is 0 Å². The molecule has 0 aromatic heterocycles. The lowest BCUT2D eigenvalue weighted by atomic mass is 10.1. The molecule has 0 radical (unpaired) electrons. The van der Waals surface area contributed by atoms with Crippen LogP contribution in [0.3, 0.4) is 0 Å². The van der Waals surface area contributed by atoms with E-state index in [2.05, 4.69) is 5.43 Å². The van der Waals surface area contributed by atoms with Crippen molar-refractivity contribution in [3.05, 3.63) is 29.8 Å². The Bertz CT molecular complexity index is 624. The average molecular weight is 355 g/mol. The lowest BCUT2D eigenvalue weighted by Gasteiger charge is -2.25. The summed E-state index contributed by atoms with van der Waals surface area (Å²) < 4.78 is 26.9. The van der Waals surface area contributed by atoms with Crippen molar-refractivity contribution in [1.82, 2.24) is 9.84 Å². The first-order valence-electron chi connectivity index (χ1n) is 8.55. The minimum atomic E-state index is -3.76. The Kier molecular flexibility index (Phi) is 7.90. The van der Waals surface area contributed by atoms with Crippen LogP contribution in [0.15, 0.2) is 29.2 Å². The van der Waals surface area contributed by atoms with Crippen molar-refractivity contribution >= 4 is 15.9 Å². The summed E-state index contributed by atoms with van der Waals surface area (Å²) in [5.74, 6) is 0.283. The highest BCUT2D eigenvalue weighted by atomic mass is 32.2. The molecule has 5 nitrogen and oxygen atoms in total. The summed E-state index contributed by atoms with van der Waals surface area (Å²) in [5, 5.41) is 0. The number of benzene rings is 1. The highest BCUT2D eigenvalue weighted by molar-refractivity contribution is 7.89. The molecule has 0 heterocycles. The normalized spacial score (nSPS) is 13.3. The monoisotopic (exact) mass is 354 g/mol. The molecule has 0 aliphatic carbocycles. The molecule has 1 aromatic carbocycles. The van der Waals surface area contributed by atoms with Gasteiger partial charge in [-0.25, -0.2) is 8.42 Å². The number of nitrogens with zero attached hydrogens (tertiary/aromatic N) is 1. The fourth-order valence-corrected chi connectivity index (χ4v) is 3.48. The zero-order chi connectivity index (χ0) is 18.3. The van der Waals surface area contributed by atoms with Crippen LogP contribution in [0.4, 0.5) is 0 Å². The van der Waals surface area contributed by atoms with Gasteiger partial charge in [0.25, 0.3) is 10.0 Å². The second kappa shape index (κ2) is 9.18. The lowest BCUT2D eigenvalue weighted by molar-refractivity contribution is -0.124. The van der Waals surface area contributed by atoms with Crippen molar-refractivity contribution in [2.75, 3.05) is 6.54 Å². The Morgan fingerprint density at radius 3 is 2.25 bits per heavy atom. The number of nitrogens with one attached hydrogen (secondary N) is 1. The molecule has 0 fully saturated rings. The highest BCUT2D eigenvalue weighted by Crippen LogP contribution is 2.17. The number of hydrogen-bond donors (Lipinski definition) is 1. The van der Waals surface area contributed by atoms with Gasteiger partial charge in [0.2, 0.25) is 5.91 Å². The molecule has 0 bridgehead atoms. The van der Waals surface area contributed by atoms with Crippen molar-refractivity contribution in [3.8, 4) is 0 Å².